The fraction of sp³-hybridized carbons (Fsp3) is 0.421. The van der Waals surface area contributed by atoms with Gasteiger partial charge in [-0.05, 0) is 25.3 Å². The second-order valence-corrected chi connectivity index (χ2v) is 6.45. The molecule has 1 heterocycles. The number of carbonyl (C=O) groups excluding carboxylic acids is 2. The number of aromatic nitrogens is 1. The van der Waals surface area contributed by atoms with Gasteiger partial charge in [-0.25, -0.2) is 4.98 Å². The van der Waals surface area contributed by atoms with Crippen LogP contribution in [0.3, 0.4) is 0 Å². The average molecular weight is 341 g/mol. The third-order valence-electron chi connectivity index (χ3n) is 4.51. The molecule has 2 amide bonds. The molecule has 1 atom stereocenters. The van der Waals surface area contributed by atoms with Gasteiger partial charge in [0.25, 0.3) is 5.91 Å². The van der Waals surface area contributed by atoms with E-state index in [9.17, 15) is 9.59 Å². The Hall–Kier alpha value is -2.63. The van der Waals surface area contributed by atoms with Crippen molar-refractivity contribution in [2.24, 2.45) is 0 Å². The zero-order valence-electron chi connectivity index (χ0n) is 14.3. The second kappa shape index (κ2) is 7.96. The molecule has 0 aliphatic heterocycles. The van der Waals surface area contributed by atoms with E-state index in [1.54, 1.807) is 6.92 Å². The maximum Gasteiger partial charge on any atom is 0.273 e. The minimum atomic E-state index is -0.650. The average Bonchev–Trinajstić information content (AvgIpc) is 3.31. The molecule has 6 heteroatoms. The van der Waals surface area contributed by atoms with Crippen molar-refractivity contribution in [1.29, 1.82) is 0 Å². The number of carbonyl (C=O) groups is 2. The van der Waals surface area contributed by atoms with Crippen molar-refractivity contribution in [3.8, 4) is 0 Å². The Labute approximate surface area is 147 Å². The van der Waals surface area contributed by atoms with Crippen LogP contribution in [-0.4, -0.2) is 22.8 Å². The molecule has 1 aromatic carbocycles. The van der Waals surface area contributed by atoms with Gasteiger partial charge in [0.1, 0.15) is 12.3 Å². The molecule has 1 aliphatic rings. The molecule has 2 N–H and O–H groups in total. The SMILES string of the molecule is C[C@@H](NC(=O)c1coc(C2CCCC2)n1)C(=O)NCc1ccccc1. The molecule has 0 bridgehead atoms. The maximum absolute atomic E-state index is 12.2. The van der Waals surface area contributed by atoms with E-state index in [0.29, 0.717) is 18.4 Å². The summed E-state index contributed by atoms with van der Waals surface area (Å²) in [5.41, 5.74) is 1.23. The lowest BCUT2D eigenvalue weighted by Crippen LogP contribution is -2.44. The van der Waals surface area contributed by atoms with Gasteiger partial charge in [-0.15, -0.1) is 0 Å². The van der Waals surface area contributed by atoms with Gasteiger partial charge in [0.15, 0.2) is 11.6 Å². The Morgan fingerprint density at radius 3 is 2.68 bits per heavy atom. The van der Waals surface area contributed by atoms with Crippen molar-refractivity contribution < 1.29 is 14.0 Å². The molecule has 0 unspecified atom stereocenters. The summed E-state index contributed by atoms with van der Waals surface area (Å²) < 4.78 is 5.44. The second-order valence-electron chi connectivity index (χ2n) is 6.45. The summed E-state index contributed by atoms with van der Waals surface area (Å²) in [7, 11) is 0. The van der Waals surface area contributed by atoms with Gasteiger partial charge in [0.2, 0.25) is 5.91 Å². The largest absolute Gasteiger partial charge is 0.448 e. The van der Waals surface area contributed by atoms with E-state index in [0.717, 1.165) is 18.4 Å². The number of hydrogen-bond acceptors (Lipinski definition) is 4. The summed E-state index contributed by atoms with van der Waals surface area (Å²) in [4.78, 5) is 28.7. The zero-order chi connectivity index (χ0) is 17.6. The van der Waals surface area contributed by atoms with Crippen molar-refractivity contribution in [3.05, 3.63) is 53.7 Å². The van der Waals surface area contributed by atoms with Crippen LogP contribution in [0.4, 0.5) is 0 Å². The molecular formula is C19H23N3O3. The minimum Gasteiger partial charge on any atom is -0.448 e. The Balaban J connectivity index is 1.50. The van der Waals surface area contributed by atoms with Gasteiger partial charge in [-0.1, -0.05) is 43.2 Å². The molecule has 25 heavy (non-hydrogen) atoms. The molecule has 3 rings (SSSR count). The van der Waals surface area contributed by atoms with Gasteiger partial charge >= 0.3 is 0 Å². The van der Waals surface area contributed by atoms with E-state index < -0.39 is 11.9 Å². The van der Waals surface area contributed by atoms with Crippen LogP contribution >= 0.6 is 0 Å². The molecule has 0 saturated heterocycles. The third kappa shape index (κ3) is 4.47. The third-order valence-corrected chi connectivity index (χ3v) is 4.51. The summed E-state index contributed by atoms with van der Waals surface area (Å²) in [6.45, 7) is 2.08. The lowest BCUT2D eigenvalue weighted by atomic mass is 10.1. The highest BCUT2D eigenvalue weighted by Gasteiger charge is 2.24. The molecule has 1 saturated carbocycles. The number of hydrogen-bond donors (Lipinski definition) is 2. The van der Waals surface area contributed by atoms with Crippen molar-refractivity contribution in [1.82, 2.24) is 15.6 Å². The van der Waals surface area contributed by atoms with Crippen molar-refractivity contribution in [2.45, 2.75) is 51.1 Å². The summed E-state index contributed by atoms with van der Waals surface area (Å²) in [5, 5.41) is 5.47. The molecule has 0 spiro atoms. The number of oxazole rings is 1. The monoisotopic (exact) mass is 341 g/mol. The molecule has 0 radical (unpaired) electrons. The molecule has 1 fully saturated rings. The van der Waals surface area contributed by atoms with Gasteiger partial charge in [0.05, 0.1) is 0 Å². The zero-order valence-corrected chi connectivity index (χ0v) is 14.3. The maximum atomic E-state index is 12.2. The Bertz CT molecular complexity index is 721. The Morgan fingerprint density at radius 1 is 1.24 bits per heavy atom. The van der Waals surface area contributed by atoms with Crippen LogP contribution in [0.1, 0.15) is 60.5 Å². The van der Waals surface area contributed by atoms with Gasteiger partial charge < -0.3 is 15.1 Å². The van der Waals surface area contributed by atoms with E-state index in [1.165, 1.54) is 19.1 Å². The predicted molar refractivity (Wildman–Crippen MR) is 92.9 cm³/mol. The topological polar surface area (TPSA) is 84.2 Å². The highest BCUT2D eigenvalue weighted by Crippen LogP contribution is 2.33. The van der Waals surface area contributed by atoms with E-state index in [2.05, 4.69) is 15.6 Å². The molecule has 1 aromatic heterocycles. The van der Waals surface area contributed by atoms with Crippen molar-refractivity contribution >= 4 is 11.8 Å². The fourth-order valence-corrected chi connectivity index (χ4v) is 3.03. The van der Waals surface area contributed by atoms with E-state index in [4.69, 9.17) is 4.42 Å². The van der Waals surface area contributed by atoms with Crippen LogP contribution in [0, 0.1) is 0 Å². The Morgan fingerprint density at radius 2 is 1.96 bits per heavy atom. The number of nitrogens with zero attached hydrogens (tertiary/aromatic N) is 1. The van der Waals surface area contributed by atoms with E-state index in [-0.39, 0.29) is 11.6 Å². The standard InChI is InChI=1S/C19H23N3O3/c1-13(17(23)20-11-14-7-3-2-4-8-14)21-18(24)16-12-25-19(22-16)15-9-5-6-10-15/h2-4,7-8,12-13,15H,5-6,9-11H2,1H3,(H,20,23)(H,21,24)/t13-/m1/s1. The van der Waals surface area contributed by atoms with Crippen LogP contribution in [0.2, 0.25) is 0 Å². The van der Waals surface area contributed by atoms with Gasteiger partial charge in [-0.2, -0.15) is 0 Å². The summed E-state index contributed by atoms with van der Waals surface area (Å²) in [6, 6.07) is 8.97. The first-order valence-electron chi connectivity index (χ1n) is 8.71. The fourth-order valence-electron chi connectivity index (χ4n) is 3.03. The smallest absolute Gasteiger partial charge is 0.273 e. The van der Waals surface area contributed by atoms with E-state index in [1.807, 2.05) is 30.3 Å². The van der Waals surface area contributed by atoms with Crippen LogP contribution in [0.5, 0.6) is 0 Å². The van der Waals surface area contributed by atoms with Crippen LogP contribution in [0.25, 0.3) is 0 Å². The minimum absolute atomic E-state index is 0.226. The highest BCUT2D eigenvalue weighted by molar-refractivity contribution is 5.95. The summed E-state index contributed by atoms with van der Waals surface area (Å²) in [6.07, 6.45) is 5.83. The quantitative estimate of drug-likeness (QED) is 0.846. The highest BCUT2D eigenvalue weighted by atomic mass is 16.3. The first-order valence-corrected chi connectivity index (χ1v) is 8.71. The normalized spacial score (nSPS) is 15.7. The molecule has 6 nitrogen and oxygen atoms in total. The number of amides is 2. The molecule has 132 valence electrons. The molecule has 1 aliphatic carbocycles. The Kier molecular flexibility index (Phi) is 5.48. The van der Waals surface area contributed by atoms with E-state index >= 15 is 0 Å². The number of nitrogens with one attached hydrogen (secondary N) is 2. The van der Waals surface area contributed by atoms with Crippen molar-refractivity contribution in [2.75, 3.05) is 0 Å². The summed E-state index contributed by atoms with van der Waals surface area (Å²) >= 11 is 0. The van der Waals surface area contributed by atoms with Gasteiger partial charge in [0, 0.05) is 12.5 Å². The molecule has 2 aromatic rings. The van der Waals surface area contributed by atoms with Crippen LogP contribution in [0.15, 0.2) is 41.0 Å². The van der Waals surface area contributed by atoms with Crippen LogP contribution in [-0.2, 0) is 11.3 Å². The molecular weight excluding hydrogens is 318 g/mol. The van der Waals surface area contributed by atoms with Gasteiger partial charge in [-0.3, -0.25) is 9.59 Å². The first-order chi connectivity index (χ1) is 12.1. The lowest BCUT2D eigenvalue weighted by Gasteiger charge is -2.13. The lowest BCUT2D eigenvalue weighted by molar-refractivity contribution is -0.122. The number of rotatable bonds is 6. The van der Waals surface area contributed by atoms with Crippen LogP contribution < -0.4 is 10.6 Å². The number of benzene rings is 1. The summed E-state index contributed by atoms with van der Waals surface area (Å²) in [5.74, 6) is 0.309. The first kappa shape index (κ1) is 17.2. The van der Waals surface area contributed by atoms with Crippen molar-refractivity contribution in [3.63, 3.8) is 0 Å². The predicted octanol–water partition coefficient (Wildman–Crippen LogP) is 2.77.